The minimum Gasteiger partial charge on any atom is -0.497 e. The molecule has 3 amide bonds. The van der Waals surface area contributed by atoms with E-state index < -0.39 is 4.87 Å². The highest BCUT2D eigenvalue weighted by atomic mass is 32.2. The molecule has 180 valence electrons. The zero-order valence-corrected chi connectivity index (χ0v) is 21.0. The first-order chi connectivity index (χ1) is 16.9. The summed E-state index contributed by atoms with van der Waals surface area (Å²) in [5, 5.41) is 3.05. The highest BCUT2D eigenvalue weighted by Crippen LogP contribution is 2.54. The van der Waals surface area contributed by atoms with Crippen LogP contribution in [0.3, 0.4) is 0 Å². The molecule has 1 spiro atoms. The zero-order valence-electron chi connectivity index (χ0n) is 20.2. The molecule has 2 aliphatic rings. The van der Waals surface area contributed by atoms with Crippen molar-refractivity contribution in [1.82, 2.24) is 10.2 Å². The Kier molecular flexibility index (Phi) is 6.19. The number of hydrogen-bond acceptors (Lipinski definition) is 4. The van der Waals surface area contributed by atoms with Crippen molar-refractivity contribution in [2.45, 2.75) is 31.8 Å². The number of carbonyl (C=O) groups excluding carboxylic acids is 2. The minimum absolute atomic E-state index is 0.0749. The van der Waals surface area contributed by atoms with Crippen molar-refractivity contribution in [3.05, 3.63) is 94.5 Å². The fourth-order valence-electron chi connectivity index (χ4n) is 4.93. The van der Waals surface area contributed by atoms with Crippen LogP contribution in [0.1, 0.15) is 27.8 Å². The Morgan fingerprint density at radius 3 is 2.60 bits per heavy atom. The number of anilines is 1. The molecule has 1 N–H and O–H groups in total. The van der Waals surface area contributed by atoms with Crippen LogP contribution in [0, 0.1) is 13.8 Å². The van der Waals surface area contributed by atoms with E-state index in [1.807, 2.05) is 73.3 Å². The molecule has 0 radical (unpaired) electrons. The number of amides is 3. The summed E-state index contributed by atoms with van der Waals surface area (Å²) in [6.07, 6.45) is 0. The van der Waals surface area contributed by atoms with E-state index in [0.717, 1.165) is 39.3 Å². The average Bonchev–Trinajstić information content (AvgIpc) is 3.40. The summed E-state index contributed by atoms with van der Waals surface area (Å²) in [6, 6.07) is 21.7. The molecule has 5 rings (SSSR count). The lowest BCUT2D eigenvalue weighted by Gasteiger charge is -2.33. The molecule has 7 heteroatoms. The number of fused-ring (bicyclic) bond motifs is 2. The molecule has 35 heavy (non-hydrogen) atoms. The van der Waals surface area contributed by atoms with Crippen LogP contribution in [0.25, 0.3) is 0 Å². The van der Waals surface area contributed by atoms with Crippen LogP contribution in [0.5, 0.6) is 5.75 Å². The van der Waals surface area contributed by atoms with Gasteiger partial charge in [0.2, 0.25) is 0 Å². The van der Waals surface area contributed by atoms with Crippen LogP contribution in [-0.4, -0.2) is 36.2 Å². The fourth-order valence-corrected chi connectivity index (χ4v) is 6.39. The highest BCUT2D eigenvalue weighted by Gasteiger charge is 2.59. The molecule has 2 heterocycles. The standard InChI is InChI=1S/C28H29N3O3S/c1-19-6-4-7-21(14-19)17-29-27(33)31-12-13-35-28(31)24-15-20(2)10-11-25(24)30(26(28)32)18-22-8-5-9-23(16-22)34-3/h4-11,14-16H,12-13,17-18H2,1-3H3,(H,29,33). The molecule has 1 atom stereocenters. The van der Waals surface area contributed by atoms with Crippen molar-refractivity contribution in [2.24, 2.45) is 0 Å². The van der Waals surface area contributed by atoms with Gasteiger partial charge >= 0.3 is 6.03 Å². The predicted molar refractivity (Wildman–Crippen MR) is 140 cm³/mol. The van der Waals surface area contributed by atoms with Gasteiger partial charge in [0.15, 0.2) is 4.87 Å². The van der Waals surface area contributed by atoms with Gasteiger partial charge < -0.3 is 15.0 Å². The van der Waals surface area contributed by atoms with Crippen molar-refractivity contribution in [3.8, 4) is 5.75 Å². The Balaban J connectivity index is 1.47. The van der Waals surface area contributed by atoms with Crippen LogP contribution in [-0.2, 0) is 22.8 Å². The lowest BCUT2D eigenvalue weighted by Crippen LogP contribution is -2.53. The maximum absolute atomic E-state index is 14.1. The van der Waals surface area contributed by atoms with Crippen molar-refractivity contribution in [1.29, 1.82) is 0 Å². The maximum Gasteiger partial charge on any atom is 0.319 e. The van der Waals surface area contributed by atoms with Crippen LogP contribution in [0.2, 0.25) is 0 Å². The molecule has 1 unspecified atom stereocenters. The van der Waals surface area contributed by atoms with Gasteiger partial charge in [0.1, 0.15) is 5.75 Å². The Bertz CT molecular complexity index is 1290. The predicted octanol–water partition coefficient (Wildman–Crippen LogP) is 4.97. The van der Waals surface area contributed by atoms with Crippen LogP contribution in [0.4, 0.5) is 10.5 Å². The van der Waals surface area contributed by atoms with E-state index in [2.05, 4.69) is 17.4 Å². The number of urea groups is 1. The Morgan fingerprint density at radius 2 is 1.80 bits per heavy atom. The monoisotopic (exact) mass is 487 g/mol. The van der Waals surface area contributed by atoms with Crippen LogP contribution in [0.15, 0.2) is 66.7 Å². The van der Waals surface area contributed by atoms with E-state index in [-0.39, 0.29) is 11.9 Å². The molecule has 0 saturated carbocycles. The number of thioether (sulfide) groups is 1. The van der Waals surface area contributed by atoms with Crippen molar-refractivity contribution >= 4 is 29.4 Å². The molecule has 3 aromatic rings. The number of carbonyl (C=O) groups is 2. The number of benzene rings is 3. The number of aryl methyl sites for hydroxylation is 2. The van der Waals surface area contributed by atoms with E-state index in [9.17, 15) is 9.59 Å². The summed E-state index contributed by atoms with van der Waals surface area (Å²) in [6.45, 7) is 5.39. The third-order valence-electron chi connectivity index (χ3n) is 6.60. The smallest absolute Gasteiger partial charge is 0.319 e. The molecule has 0 aliphatic carbocycles. The van der Waals surface area contributed by atoms with Gasteiger partial charge in [-0.15, -0.1) is 11.8 Å². The van der Waals surface area contributed by atoms with Gasteiger partial charge in [-0.05, 0) is 43.2 Å². The topological polar surface area (TPSA) is 61.9 Å². The fraction of sp³-hybridized carbons (Fsp3) is 0.286. The minimum atomic E-state index is -1.06. The van der Waals surface area contributed by atoms with E-state index >= 15 is 0 Å². The van der Waals surface area contributed by atoms with Gasteiger partial charge in [0.25, 0.3) is 5.91 Å². The summed E-state index contributed by atoms with van der Waals surface area (Å²) in [5.41, 5.74) is 5.96. The number of ether oxygens (including phenoxy) is 1. The van der Waals surface area contributed by atoms with Crippen LogP contribution < -0.4 is 15.0 Å². The third-order valence-corrected chi connectivity index (χ3v) is 8.01. The van der Waals surface area contributed by atoms with Crippen molar-refractivity contribution in [3.63, 3.8) is 0 Å². The average molecular weight is 488 g/mol. The first kappa shape index (κ1) is 23.3. The first-order valence-corrected chi connectivity index (χ1v) is 12.7. The van der Waals surface area contributed by atoms with Gasteiger partial charge in [-0.1, -0.05) is 59.7 Å². The number of rotatable bonds is 5. The van der Waals surface area contributed by atoms with E-state index in [1.54, 1.807) is 23.8 Å². The first-order valence-electron chi connectivity index (χ1n) is 11.7. The number of nitrogens with one attached hydrogen (secondary N) is 1. The van der Waals surface area contributed by atoms with Gasteiger partial charge in [-0.2, -0.15) is 0 Å². The molecular weight excluding hydrogens is 458 g/mol. The van der Waals surface area contributed by atoms with E-state index in [1.165, 1.54) is 0 Å². The van der Waals surface area contributed by atoms with E-state index in [0.29, 0.717) is 25.4 Å². The molecule has 2 aliphatic heterocycles. The molecule has 1 saturated heterocycles. The number of nitrogens with zero attached hydrogens (tertiary/aromatic N) is 2. The third kappa shape index (κ3) is 4.14. The molecule has 6 nitrogen and oxygen atoms in total. The van der Waals surface area contributed by atoms with Gasteiger partial charge in [0.05, 0.1) is 19.3 Å². The van der Waals surface area contributed by atoms with E-state index in [4.69, 9.17) is 4.74 Å². The Hall–Kier alpha value is -3.45. The second-order valence-electron chi connectivity index (χ2n) is 9.06. The number of hydrogen-bond donors (Lipinski definition) is 1. The summed E-state index contributed by atoms with van der Waals surface area (Å²) in [7, 11) is 1.63. The highest BCUT2D eigenvalue weighted by molar-refractivity contribution is 8.01. The molecular formula is C28H29N3O3S. The van der Waals surface area contributed by atoms with Gasteiger partial charge in [-0.25, -0.2) is 4.79 Å². The lowest BCUT2D eigenvalue weighted by atomic mass is 10.0. The largest absolute Gasteiger partial charge is 0.497 e. The summed E-state index contributed by atoms with van der Waals surface area (Å²) < 4.78 is 5.38. The summed E-state index contributed by atoms with van der Waals surface area (Å²) >= 11 is 1.54. The summed E-state index contributed by atoms with van der Waals surface area (Å²) in [4.78, 5) is 30.1. The van der Waals surface area contributed by atoms with Crippen LogP contribution >= 0.6 is 11.8 Å². The molecule has 0 aromatic heterocycles. The molecule has 1 fully saturated rings. The van der Waals surface area contributed by atoms with Crippen molar-refractivity contribution in [2.75, 3.05) is 24.3 Å². The number of methoxy groups -OCH3 is 1. The second kappa shape index (κ2) is 9.30. The normalized spacial score (nSPS) is 18.8. The molecule has 3 aromatic carbocycles. The SMILES string of the molecule is COc1cccc(CN2C(=O)C3(SCCN3C(=O)NCc3cccc(C)c3)c3cc(C)ccc32)c1. The van der Waals surface area contributed by atoms with Crippen molar-refractivity contribution < 1.29 is 14.3 Å². The van der Waals surface area contributed by atoms with Gasteiger partial charge in [0, 0.05) is 24.4 Å². The Morgan fingerprint density at radius 1 is 1.03 bits per heavy atom. The Labute approximate surface area is 210 Å². The summed E-state index contributed by atoms with van der Waals surface area (Å²) in [5.74, 6) is 1.37. The quantitative estimate of drug-likeness (QED) is 0.552. The second-order valence-corrected chi connectivity index (χ2v) is 10.3. The van der Waals surface area contributed by atoms with Gasteiger partial charge in [-0.3, -0.25) is 9.69 Å². The maximum atomic E-state index is 14.1. The lowest BCUT2D eigenvalue weighted by molar-refractivity contribution is -0.123. The zero-order chi connectivity index (χ0) is 24.6. The molecule has 0 bridgehead atoms.